The fraction of sp³-hybridized carbons (Fsp3) is 0.318. The second kappa shape index (κ2) is 9.53. The smallest absolute Gasteiger partial charge is 0.191 e. The van der Waals surface area contributed by atoms with Gasteiger partial charge in [-0.05, 0) is 44.0 Å². The molecule has 0 atom stereocenters. The number of benzene rings is 2. The van der Waals surface area contributed by atoms with Crippen molar-refractivity contribution in [3.8, 4) is 11.5 Å². The molecule has 1 heterocycles. The first-order valence-electron chi connectivity index (χ1n) is 9.80. The number of Topliss-reactive ketones (excluding diaryl/α,β-unsaturated/α-hetero) is 1. The van der Waals surface area contributed by atoms with Gasteiger partial charge in [0.05, 0.1) is 17.2 Å². The Morgan fingerprint density at radius 3 is 2.57 bits per heavy atom. The molecule has 0 bridgehead atoms. The Kier molecular flexibility index (Phi) is 6.59. The lowest BCUT2D eigenvalue weighted by Gasteiger charge is -2.11. The zero-order valence-electron chi connectivity index (χ0n) is 16.6. The Morgan fingerprint density at radius 1 is 1.10 bits per heavy atom. The van der Waals surface area contributed by atoms with Crippen LogP contribution in [0.4, 0.5) is 0 Å². The molecule has 30 heavy (non-hydrogen) atoms. The molecule has 1 fully saturated rings. The van der Waals surface area contributed by atoms with E-state index in [1.807, 2.05) is 36.4 Å². The number of aromatic nitrogens is 3. The minimum atomic E-state index is -0.00473. The van der Waals surface area contributed by atoms with E-state index in [4.69, 9.17) is 21.1 Å². The Balaban J connectivity index is 1.36. The zero-order chi connectivity index (χ0) is 20.9. The molecule has 0 amide bonds. The van der Waals surface area contributed by atoms with Gasteiger partial charge in [-0.25, -0.2) is 0 Å². The van der Waals surface area contributed by atoms with E-state index in [1.165, 1.54) is 0 Å². The lowest BCUT2D eigenvalue weighted by Crippen LogP contribution is -2.08. The van der Waals surface area contributed by atoms with Crippen LogP contribution in [0.2, 0.25) is 5.02 Å². The number of carbonyl (C=O) groups is 1. The summed E-state index contributed by atoms with van der Waals surface area (Å²) in [6, 6.07) is 15.1. The summed E-state index contributed by atoms with van der Waals surface area (Å²) in [5.74, 6) is 2.74. The van der Waals surface area contributed by atoms with E-state index < -0.39 is 0 Å². The van der Waals surface area contributed by atoms with E-state index in [2.05, 4.69) is 14.8 Å². The number of ether oxygens (including phenoxy) is 2. The standard InChI is InChI=1S/C22H22ClN3O3S/c1-15(27)17-6-2-4-8-19(17)28-12-13-30-22-25-24-21(26(22)16-10-11-16)14-29-20-9-5-3-7-18(20)23/h2-9,16H,10-14H2,1H3. The van der Waals surface area contributed by atoms with Crippen molar-refractivity contribution in [3.05, 3.63) is 64.9 Å². The average Bonchev–Trinajstić information content (AvgIpc) is 3.51. The number of nitrogens with zero attached hydrogens (tertiary/aromatic N) is 3. The van der Waals surface area contributed by atoms with Gasteiger partial charge in [-0.2, -0.15) is 0 Å². The maximum absolute atomic E-state index is 11.7. The fourth-order valence-corrected chi connectivity index (χ4v) is 4.11. The molecule has 2 aromatic carbocycles. The first kappa shape index (κ1) is 20.8. The molecule has 3 aromatic rings. The number of para-hydroxylation sites is 2. The van der Waals surface area contributed by atoms with Gasteiger partial charge in [-0.1, -0.05) is 47.6 Å². The number of rotatable bonds is 10. The topological polar surface area (TPSA) is 66.2 Å². The number of ketones is 1. The van der Waals surface area contributed by atoms with Crippen LogP contribution in [0.15, 0.2) is 53.7 Å². The summed E-state index contributed by atoms with van der Waals surface area (Å²) in [4.78, 5) is 11.7. The summed E-state index contributed by atoms with van der Waals surface area (Å²) in [5, 5.41) is 10.1. The van der Waals surface area contributed by atoms with Crippen molar-refractivity contribution in [1.29, 1.82) is 0 Å². The van der Waals surface area contributed by atoms with Crippen molar-refractivity contribution in [1.82, 2.24) is 14.8 Å². The summed E-state index contributed by atoms with van der Waals surface area (Å²) in [6.45, 7) is 2.33. The van der Waals surface area contributed by atoms with Crippen molar-refractivity contribution >= 4 is 29.1 Å². The molecule has 8 heteroatoms. The van der Waals surface area contributed by atoms with Crippen LogP contribution in [0.3, 0.4) is 0 Å². The number of carbonyl (C=O) groups excluding carboxylic acids is 1. The number of halogens is 1. The van der Waals surface area contributed by atoms with Crippen LogP contribution in [-0.2, 0) is 6.61 Å². The average molecular weight is 444 g/mol. The van der Waals surface area contributed by atoms with Crippen LogP contribution in [0.25, 0.3) is 0 Å². The number of hydrogen-bond donors (Lipinski definition) is 0. The van der Waals surface area contributed by atoms with Gasteiger partial charge >= 0.3 is 0 Å². The quantitative estimate of drug-likeness (QED) is 0.243. The molecule has 156 valence electrons. The molecular formula is C22H22ClN3O3S. The van der Waals surface area contributed by atoms with Gasteiger partial charge in [0.1, 0.15) is 18.1 Å². The van der Waals surface area contributed by atoms with E-state index in [-0.39, 0.29) is 5.78 Å². The van der Waals surface area contributed by atoms with Gasteiger partial charge in [0.15, 0.2) is 16.8 Å². The summed E-state index contributed by atoms with van der Waals surface area (Å²) >= 11 is 7.76. The molecular weight excluding hydrogens is 422 g/mol. The second-order valence-electron chi connectivity index (χ2n) is 6.97. The normalized spacial score (nSPS) is 13.3. The van der Waals surface area contributed by atoms with E-state index in [1.54, 1.807) is 30.8 Å². The molecule has 0 aliphatic heterocycles. The minimum absolute atomic E-state index is 0.00473. The van der Waals surface area contributed by atoms with Crippen molar-refractivity contribution in [2.45, 2.75) is 37.6 Å². The van der Waals surface area contributed by atoms with Crippen molar-refractivity contribution in [3.63, 3.8) is 0 Å². The van der Waals surface area contributed by atoms with Gasteiger partial charge in [-0.15, -0.1) is 10.2 Å². The van der Waals surface area contributed by atoms with Gasteiger partial charge in [0, 0.05) is 11.8 Å². The molecule has 0 N–H and O–H groups in total. The summed E-state index contributed by atoms with van der Waals surface area (Å²) in [5.41, 5.74) is 0.600. The van der Waals surface area contributed by atoms with Crippen molar-refractivity contribution < 1.29 is 14.3 Å². The van der Waals surface area contributed by atoms with Crippen LogP contribution in [0, 0.1) is 0 Å². The van der Waals surface area contributed by atoms with Crippen LogP contribution in [-0.4, -0.2) is 32.9 Å². The zero-order valence-corrected chi connectivity index (χ0v) is 18.2. The number of hydrogen-bond acceptors (Lipinski definition) is 6. The van der Waals surface area contributed by atoms with Gasteiger partial charge in [-0.3, -0.25) is 4.79 Å². The Morgan fingerprint density at radius 2 is 1.83 bits per heavy atom. The lowest BCUT2D eigenvalue weighted by atomic mass is 10.1. The predicted molar refractivity (Wildman–Crippen MR) is 117 cm³/mol. The van der Waals surface area contributed by atoms with E-state index in [0.29, 0.717) is 47.1 Å². The van der Waals surface area contributed by atoms with Crippen molar-refractivity contribution in [2.24, 2.45) is 0 Å². The molecule has 4 rings (SSSR count). The van der Waals surface area contributed by atoms with E-state index in [9.17, 15) is 4.79 Å². The van der Waals surface area contributed by atoms with Crippen LogP contribution in [0.5, 0.6) is 11.5 Å². The van der Waals surface area contributed by atoms with Gasteiger partial charge in [0.2, 0.25) is 0 Å². The Bertz CT molecular complexity index is 1040. The third-order valence-electron chi connectivity index (χ3n) is 4.68. The first-order chi connectivity index (χ1) is 14.6. The van der Waals surface area contributed by atoms with Crippen LogP contribution < -0.4 is 9.47 Å². The Hall–Kier alpha value is -2.51. The minimum Gasteiger partial charge on any atom is -0.492 e. The third-order valence-corrected chi connectivity index (χ3v) is 5.90. The summed E-state index contributed by atoms with van der Waals surface area (Å²) < 4.78 is 13.8. The molecule has 0 saturated heterocycles. The fourth-order valence-electron chi connectivity index (χ4n) is 3.08. The highest BCUT2D eigenvalue weighted by Gasteiger charge is 2.29. The van der Waals surface area contributed by atoms with E-state index in [0.717, 1.165) is 23.8 Å². The largest absolute Gasteiger partial charge is 0.492 e. The maximum Gasteiger partial charge on any atom is 0.191 e. The summed E-state index contributed by atoms with van der Waals surface area (Å²) in [6.07, 6.45) is 2.24. The SMILES string of the molecule is CC(=O)c1ccccc1OCCSc1nnc(COc2ccccc2Cl)n1C1CC1. The second-order valence-corrected chi connectivity index (χ2v) is 8.44. The highest BCUT2D eigenvalue weighted by molar-refractivity contribution is 7.99. The van der Waals surface area contributed by atoms with Gasteiger partial charge in [0.25, 0.3) is 0 Å². The van der Waals surface area contributed by atoms with Crippen LogP contribution in [0.1, 0.15) is 42.0 Å². The Labute approximate surface area is 184 Å². The molecule has 1 aliphatic carbocycles. The summed E-state index contributed by atoms with van der Waals surface area (Å²) in [7, 11) is 0. The highest BCUT2D eigenvalue weighted by Crippen LogP contribution is 2.39. The molecule has 1 saturated carbocycles. The molecule has 0 radical (unpaired) electrons. The predicted octanol–water partition coefficient (Wildman–Crippen LogP) is 5.22. The maximum atomic E-state index is 11.7. The van der Waals surface area contributed by atoms with Gasteiger partial charge < -0.3 is 14.0 Å². The molecule has 1 aliphatic rings. The monoisotopic (exact) mass is 443 g/mol. The first-order valence-corrected chi connectivity index (χ1v) is 11.2. The highest BCUT2D eigenvalue weighted by atomic mass is 35.5. The third kappa shape index (κ3) is 4.96. The lowest BCUT2D eigenvalue weighted by molar-refractivity contribution is 0.101. The molecule has 0 unspecified atom stereocenters. The molecule has 1 aromatic heterocycles. The number of thioether (sulfide) groups is 1. The van der Waals surface area contributed by atoms with E-state index >= 15 is 0 Å². The van der Waals surface area contributed by atoms with Crippen molar-refractivity contribution in [2.75, 3.05) is 12.4 Å². The molecule has 0 spiro atoms. The van der Waals surface area contributed by atoms with Crippen LogP contribution >= 0.6 is 23.4 Å². The molecule has 6 nitrogen and oxygen atoms in total.